The molecule has 1 aromatic carbocycles. The van der Waals surface area contributed by atoms with Crippen LogP contribution in [0.3, 0.4) is 0 Å². The van der Waals surface area contributed by atoms with E-state index in [0.29, 0.717) is 11.5 Å². The third-order valence-corrected chi connectivity index (χ3v) is 3.00. The highest BCUT2D eigenvalue weighted by Gasteiger charge is 2.10. The van der Waals surface area contributed by atoms with Crippen LogP contribution in [0.4, 0.5) is 4.39 Å². The van der Waals surface area contributed by atoms with Crippen molar-refractivity contribution in [3.8, 4) is 11.5 Å². The third kappa shape index (κ3) is 1.32. The molecule has 0 amide bonds. The van der Waals surface area contributed by atoms with Gasteiger partial charge in [0.05, 0.1) is 18.9 Å². The van der Waals surface area contributed by atoms with Crippen LogP contribution in [0.25, 0.3) is 10.1 Å². The first-order valence-electron chi connectivity index (χ1n) is 4.05. The van der Waals surface area contributed by atoms with Crippen LogP contribution in [0.15, 0.2) is 17.5 Å². The standard InChI is InChI=1S/C10H9FO2S/c1-12-8-4-6(11)3-7-9(13-2)5-14-10(7)8/h3-5H,1-2H3. The van der Waals surface area contributed by atoms with E-state index in [9.17, 15) is 4.39 Å². The van der Waals surface area contributed by atoms with E-state index in [1.807, 2.05) is 5.38 Å². The summed E-state index contributed by atoms with van der Waals surface area (Å²) in [6.07, 6.45) is 0. The number of ether oxygens (including phenoxy) is 2. The summed E-state index contributed by atoms with van der Waals surface area (Å²) in [6.45, 7) is 0. The van der Waals surface area contributed by atoms with Gasteiger partial charge in [0, 0.05) is 16.8 Å². The van der Waals surface area contributed by atoms with Gasteiger partial charge in [0.15, 0.2) is 0 Å². The van der Waals surface area contributed by atoms with Crippen molar-refractivity contribution in [3.05, 3.63) is 23.3 Å². The molecule has 0 spiro atoms. The molecule has 14 heavy (non-hydrogen) atoms. The Bertz CT molecular complexity index is 464. The van der Waals surface area contributed by atoms with Gasteiger partial charge in [0.1, 0.15) is 17.3 Å². The summed E-state index contributed by atoms with van der Waals surface area (Å²) in [7, 11) is 3.10. The maximum atomic E-state index is 13.1. The lowest BCUT2D eigenvalue weighted by Gasteiger charge is -2.02. The Balaban J connectivity index is 2.76. The summed E-state index contributed by atoms with van der Waals surface area (Å²) in [5.41, 5.74) is 0. The number of rotatable bonds is 2. The molecule has 0 atom stereocenters. The maximum Gasteiger partial charge on any atom is 0.139 e. The van der Waals surface area contributed by atoms with Crippen molar-refractivity contribution in [2.45, 2.75) is 0 Å². The average molecular weight is 212 g/mol. The lowest BCUT2D eigenvalue weighted by atomic mass is 10.2. The van der Waals surface area contributed by atoms with Crippen LogP contribution in [0.1, 0.15) is 0 Å². The lowest BCUT2D eigenvalue weighted by molar-refractivity contribution is 0.414. The van der Waals surface area contributed by atoms with Crippen molar-refractivity contribution in [2.24, 2.45) is 0 Å². The molecule has 2 nitrogen and oxygen atoms in total. The molecule has 1 heterocycles. The molecule has 0 radical (unpaired) electrons. The fraction of sp³-hybridized carbons (Fsp3) is 0.200. The maximum absolute atomic E-state index is 13.1. The van der Waals surface area contributed by atoms with Gasteiger partial charge >= 0.3 is 0 Å². The van der Waals surface area contributed by atoms with Crippen molar-refractivity contribution in [3.63, 3.8) is 0 Å². The first kappa shape index (κ1) is 9.27. The molecular formula is C10H9FO2S. The number of methoxy groups -OCH3 is 2. The van der Waals surface area contributed by atoms with Gasteiger partial charge in [-0.3, -0.25) is 0 Å². The highest BCUT2D eigenvalue weighted by atomic mass is 32.1. The fourth-order valence-electron chi connectivity index (χ4n) is 1.36. The van der Waals surface area contributed by atoms with E-state index in [0.717, 1.165) is 10.1 Å². The minimum atomic E-state index is -0.314. The van der Waals surface area contributed by atoms with Gasteiger partial charge in [0.2, 0.25) is 0 Å². The summed E-state index contributed by atoms with van der Waals surface area (Å²) in [6, 6.07) is 2.82. The zero-order valence-corrected chi connectivity index (χ0v) is 8.65. The molecule has 1 aromatic heterocycles. The predicted molar refractivity (Wildman–Crippen MR) is 54.9 cm³/mol. The topological polar surface area (TPSA) is 18.5 Å². The molecule has 2 aromatic rings. The largest absolute Gasteiger partial charge is 0.495 e. The molecule has 0 N–H and O–H groups in total. The van der Waals surface area contributed by atoms with E-state index < -0.39 is 0 Å². The predicted octanol–water partition coefficient (Wildman–Crippen LogP) is 3.06. The monoisotopic (exact) mass is 212 g/mol. The molecule has 0 aliphatic rings. The van der Waals surface area contributed by atoms with Gasteiger partial charge in [-0.1, -0.05) is 0 Å². The second kappa shape index (κ2) is 3.46. The number of thiophene rings is 1. The van der Waals surface area contributed by atoms with Crippen LogP contribution in [0.5, 0.6) is 11.5 Å². The number of hydrogen-bond donors (Lipinski definition) is 0. The average Bonchev–Trinajstić information content (AvgIpc) is 2.59. The Kier molecular flexibility index (Phi) is 2.29. The molecule has 0 aliphatic heterocycles. The highest BCUT2D eigenvalue weighted by Crippen LogP contribution is 2.38. The van der Waals surface area contributed by atoms with Crippen LogP contribution < -0.4 is 9.47 Å². The zero-order chi connectivity index (χ0) is 10.1. The van der Waals surface area contributed by atoms with Crippen LogP contribution in [0, 0.1) is 5.82 Å². The SMILES string of the molecule is COc1csc2c(OC)cc(F)cc12. The molecule has 0 aliphatic carbocycles. The van der Waals surface area contributed by atoms with Gasteiger partial charge in [-0.15, -0.1) is 11.3 Å². The van der Waals surface area contributed by atoms with Gasteiger partial charge < -0.3 is 9.47 Å². The molecule has 0 fully saturated rings. The number of hydrogen-bond acceptors (Lipinski definition) is 3. The summed E-state index contributed by atoms with van der Waals surface area (Å²) in [5, 5.41) is 2.60. The normalized spacial score (nSPS) is 10.5. The van der Waals surface area contributed by atoms with Crippen molar-refractivity contribution < 1.29 is 13.9 Å². The lowest BCUT2D eigenvalue weighted by Crippen LogP contribution is -1.85. The molecule has 4 heteroatoms. The van der Waals surface area contributed by atoms with Crippen molar-refractivity contribution in [1.29, 1.82) is 0 Å². The van der Waals surface area contributed by atoms with Crippen LogP contribution in [-0.2, 0) is 0 Å². The van der Waals surface area contributed by atoms with Gasteiger partial charge in [-0.05, 0) is 6.07 Å². The second-order valence-corrected chi connectivity index (χ2v) is 3.67. The Morgan fingerprint density at radius 2 is 1.86 bits per heavy atom. The third-order valence-electron chi connectivity index (χ3n) is 2.01. The van der Waals surface area contributed by atoms with E-state index in [-0.39, 0.29) is 5.82 Å². The number of fused-ring (bicyclic) bond motifs is 1. The van der Waals surface area contributed by atoms with E-state index in [1.165, 1.54) is 30.6 Å². The first-order chi connectivity index (χ1) is 6.76. The van der Waals surface area contributed by atoms with Gasteiger partial charge in [-0.25, -0.2) is 4.39 Å². The fourth-order valence-corrected chi connectivity index (χ4v) is 2.35. The number of benzene rings is 1. The van der Waals surface area contributed by atoms with E-state index in [2.05, 4.69) is 0 Å². The van der Waals surface area contributed by atoms with E-state index in [4.69, 9.17) is 9.47 Å². The quantitative estimate of drug-likeness (QED) is 0.761. The minimum absolute atomic E-state index is 0.314. The first-order valence-corrected chi connectivity index (χ1v) is 4.93. The summed E-state index contributed by atoms with van der Waals surface area (Å²) >= 11 is 1.48. The van der Waals surface area contributed by atoms with Crippen molar-refractivity contribution in [2.75, 3.05) is 14.2 Å². The van der Waals surface area contributed by atoms with Crippen molar-refractivity contribution in [1.82, 2.24) is 0 Å². The van der Waals surface area contributed by atoms with Crippen LogP contribution >= 0.6 is 11.3 Å². The minimum Gasteiger partial charge on any atom is -0.495 e. The molecule has 0 unspecified atom stereocenters. The van der Waals surface area contributed by atoms with E-state index >= 15 is 0 Å². The number of halogens is 1. The summed E-state index contributed by atoms with van der Waals surface area (Å²) in [5.74, 6) is 0.919. The van der Waals surface area contributed by atoms with Crippen molar-refractivity contribution >= 4 is 21.4 Å². The Hall–Kier alpha value is -1.29. The summed E-state index contributed by atoms with van der Waals surface area (Å²) < 4.78 is 24.2. The molecule has 74 valence electrons. The molecule has 0 saturated heterocycles. The Labute approximate surface area is 84.9 Å². The Morgan fingerprint density at radius 1 is 1.14 bits per heavy atom. The molecule has 0 saturated carbocycles. The van der Waals surface area contributed by atoms with Gasteiger partial charge in [0.25, 0.3) is 0 Å². The molecule has 2 rings (SSSR count). The Morgan fingerprint density at radius 3 is 2.50 bits per heavy atom. The second-order valence-electron chi connectivity index (χ2n) is 2.79. The van der Waals surface area contributed by atoms with Gasteiger partial charge in [-0.2, -0.15) is 0 Å². The van der Waals surface area contributed by atoms with Crippen LogP contribution in [-0.4, -0.2) is 14.2 Å². The zero-order valence-electron chi connectivity index (χ0n) is 7.83. The highest BCUT2D eigenvalue weighted by molar-refractivity contribution is 7.18. The van der Waals surface area contributed by atoms with Crippen LogP contribution in [0.2, 0.25) is 0 Å². The van der Waals surface area contributed by atoms with E-state index in [1.54, 1.807) is 7.11 Å². The smallest absolute Gasteiger partial charge is 0.139 e. The molecule has 0 bridgehead atoms. The molecular weight excluding hydrogens is 203 g/mol. The summed E-state index contributed by atoms with van der Waals surface area (Å²) in [4.78, 5) is 0.